The molecule has 6 nitrogen and oxygen atoms in total. The Kier molecular flexibility index (Phi) is 5.78. The molecule has 2 heterocycles. The van der Waals surface area contributed by atoms with Crippen LogP contribution in [-0.2, 0) is 6.18 Å². The van der Waals surface area contributed by atoms with Crippen LogP contribution in [0.15, 0.2) is 36.7 Å². The van der Waals surface area contributed by atoms with Crippen molar-refractivity contribution in [2.24, 2.45) is 0 Å². The fourth-order valence-electron chi connectivity index (χ4n) is 2.78. The van der Waals surface area contributed by atoms with E-state index in [0.717, 1.165) is 38.1 Å². The minimum Gasteiger partial charge on any atom is -0.492 e. The predicted octanol–water partition coefficient (Wildman–Crippen LogP) is 2.90. The number of hydrogen-bond acceptors (Lipinski definition) is 5. The van der Waals surface area contributed by atoms with Crippen LogP contribution in [0, 0.1) is 0 Å². The summed E-state index contributed by atoms with van der Waals surface area (Å²) in [5.74, 6) is 0.427. The molecular formula is C18H19F3N4O2. The van der Waals surface area contributed by atoms with Gasteiger partial charge in [-0.3, -0.25) is 4.79 Å². The maximum absolute atomic E-state index is 12.7. The fourth-order valence-corrected chi connectivity index (χ4v) is 2.78. The average Bonchev–Trinajstić information content (AvgIpc) is 3.19. The first-order valence-corrected chi connectivity index (χ1v) is 8.59. The SMILES string of the molecule is O=C(NCCOc1cccc(C(F)(F)F)c1)c1cc(N2CCCC2)ncn1. The van der Waals surface area contributed by atoms with Crippen molar-refractivity contribution in [3.63, 3.8) is 0 Å². The molecule has 9 heteroatoms. The number of benzene rings is 1. The number of aromatic nitrogens is 2. The standard InChI is InChI=1S/C18H19F3N4O2/c19-18(20,21)13-4-3-5-14(10-13)27-9-6-22-17(26)15-11-16(24-12-23-15)25-7-1-2-8-25/h3-5,10-12H,1-2,6-9H2,(H,22,26). The molecule has 1 fully saturated rings. The van der Waals surface area contributed by atoms with Crippen molar-refractivity contribution in [3.05, 3.63) is 47.9 Å². The molecule has 1 amide bonds. The molecule has 0 spiro atoms. The van der Waals surface area contributed by atoms with Gasteiger partial charge in [0.15, 0.2) is 0 Å². The lowest BCUT2D eigenvalue weighted by molar-refractivity contribution is -0.137. The Hall–Kier alpha value is -2.84. The second kappa shape index (κ2) is 8.24. The normalized spacial score (nSPS) is 14.3. The van der Waals surface area contributed by atoms with Crippen molar-refractivity contribution < 1.29 is 22.7 Å². The Bertz CT molecular complexity index is 792. The molecule has 0 radical (unpaired) electrons. The second-order valence-corrected chi connectivity index (χ2v) is 6.09. The van der Waals surface area contributed by atoms with E-state index in [2.05, 4.69) is 20.2 Å². The van der Waals surface area contributed by atoms with Crippen LogP contribution >= 0.6 is 0 Å². The van der Waals surface area contributed by atoms with Crippen molar-refractivity contribution >= 4 is 11.7 Å². The molecule has 0 unspecified atom stereocenters. The van der Waals surface area contributed by atoms with Crippen LogP contribution in [0.4, 0.5) is 19.0 Å². The molecule has 1 N–H and O–H groups in total. The van der Waals surface area contributed by atoms with Crippen molar-refractivity contribution in [2.45, 2.75) is 19.0 Å². The largest absolute Gasteiger partial charge is 0.492 e. The molecule has 0 saturated carbocycles. The summed E-state index contributed by atoms with van der Waals surface area (Å²) in [6.07, 6.45) is -0.883. The van der Waals surface area contributed by atoms with Crippen LogP contribution in [0.25, 0.3) is 0 Å². The summed E-state index contributed by atoms with van der Waals surface area (Å²) in [4.78, 5) is 22.4. The average molecular weight is 380 g/mol. The molecule has 1 aliphatic rings. The van der Waals surface area contributed by atoms with Gasteiger partial charge in [-0.15, -0.1) is 0 Å². The fraction of sp³-hybridized carbons (Fsp3) is 0.389. The van der Waals surface area contributed by atoms with Crippen molar-refractivity contribution in [1.29, 1.82) is 0 Å². The van der Waals surface area contributed by atoms with E-state index < -0.39 is 11.7 Å². The number of ether oxygens (including phenoxy) is 1. The smallest absolute Gasteiger partial charge is 0.416 e. The van der Waals surface area contributed by atoms with Crippen LogP contribution in [0.5, 0.6) is 5.75 Å². The molecule has 2 aromatic rings. The first-order chi connectivity index (χ1) is 12.9. The van der Waals surface area contributed by atoms with Crippen molar-refractivity contribution in [1.82, 2.24) is 15.3 Å². The van der Waals surface area contributed by atoms with Crippen molar-refractivity contribution in [2.75, 3.05) is 31.1 Å². The van der Waals surface area contributed by atoms with E-state index in [1.165, 1.54) is 18.5 Å². The lowest BCUT2D eigenvalue weighted by Crippen LogP contribution is -2.29. The molecule has 1 saturated heterocycles. The Balaban J connectivity index is 1.49. The summed E-state index contributed by atoms with van der Waals surface area (Å²) in [6.45, 7) is 1.99. The van der Waals surface area contributed by atoms with Crippen LogP contribution < -0.4 is 15.0 Å². The van der Waals surface area contributed by atoms with Gasteiger partial charge in [-0.05, 0) is 31.0 Å². The van der Waals surface area contributed by atoms with Gasteiger partial charge in [0.25, 0.3) is 5.91 Å². The summed E-state index contributed by atoms with van der Waals surface area (Å²) in [5.41, 5.74) is -0.537. The van der Waals surface area contributed by atoms with Gasteiger partial charge in [0.1, 0.15) is 30.2 Å². The molecule has 27 heavy (non-hydrogen) atoms. The van der Waals surface area contributed by atoms with E-state index >= 15 is 0 Å². The van der Waals surface area contributed by atoms with E-state index in [1.807, 2.05) is 0 Å². The summed E-state index contributed by atoms with van der Waals surface area (Å²) < 4.78 is 43.3. The third kappa shape index (κ3) is 5.08. The second-order valence-electron chi connectivity index (χ2n) is 6.09. The summed E-state index contributed by atoms with van der Waals surface area (Å²) in [5, 5.41) is 2.64. The number of anilines is 1. The van der Waals surface area contributed by atoms with Gasteiger partial charge >= 0.3 is 6.18 Å². The summed E-state index contributed by atoms with van der Waals surface area (Å²) in [7, 11) is 0. The minimum atomic E-state index is -4.42. The number of alkyl halides is 3. The molecule has 0 aliphatic carbocycles. The van der Waals surface area contributed by atoms with E-state index in [9.17, 15) is 18.0 Å². The molecule has 144 valence electrons. The highest BCUT2D eigenvalue weighted by Crippen LogP contribution is 2.31. The number of carbonyl (C=O) groups is 1. The highest BCUT2D eigenvalue weighted by molar-refractivity contribution is 5.92. The Morgan fingerprint density at radius 1 is 1.19 bits per heavy atom. The number of nitrogens with zero attached hydrogens (tertiary/aromatic N) is 3. The van der Waals surface area contributed by atoms with Gasteiger partial charge < -0.3 is 15.0 Å². The summed E-state index contributed by atoms with van der Waals surface area (Å²) in [6, 6.07) is 6.24. The maximum Gasteiger partial charge on any atom is 0.416 e. The molecule has 0 atom stereocenters. The first-order valence-electron chi connectivity index (χ1n) is 8.59. The minimum absolute atomic E-state index is 0.0388. The topological polar surface area (TPSA) is 67.3 Å². The number of amides is 1. The molecular weight excluding hydrogens is 361 g/mol. The molecule has 3 rings (SSSR count). The summed E-state index contributed by atoms with van der Waals surface area (Å²) >= 11 is 0. The third-order valence-electron chi connectivity index (χ3n) is 4.13. The Morgan fingerprint density at radius 2 is 1.96 bits per heavy atom. The molecule has 1 aromatic carbocycles. The quantitative estimate of drug-likeness (QED) is 0.781. The van der Waals surface area contributed by atoms with E-state index in [0.29, 0.717) is 5.82 Å². The van der Waals surface area contributed by atoms with Gasteiger partial charge in [0, 0.05) is 19.2 Å². The molecule has 1 aliphatic heterocycles. The maximum atomic E-state index is 12.7. The van der Waals surface area contributed by atoms with Crippen LogP contribution in [0.3, 0.4) is 0 Å². The predicted molar refractivity (Wildman–Crippen MR) is 92.8 cm³/mol. The van der Waals surface area contributed by atoms with E-state index in [4.69, 9.17) is 4.74 Å². The Morgan fingerprint density at radius 3 is 2.70 bits per heavy atom. The van der Waals surface area contributed by atoms with Crippen LogP contribution in [0.1, 0.15) is 28.9 Å². The zero-order chi connectivity index (χ0) is 19.3. The number of nitrogens with one attached hydrogen (secondary N) is 1. The number of halogens is 3. The number of carbonyl (C=O) groups excluding carboxylic acids is 1. The molecule has 1 aromatic heterocycles. The van der Waals surface area contributed by atoms with E-state index in [1.54, 1.807) is 6.07 Å². The Labute approximate surface area is 154 Å². The van der Waals surface area contributed by atoms with Gasteiger partial charge in [0.2, 0.25) is 0 Å². The van der Waals surface area contributed by atoms with Gasteiger partial charge in [-0.2, -0.15) is 13.2 Å². The molecule has 0 bridgehead atoms. The van der Waals surface area contributed by atoms with Gasteiger partial charge in [0.05, 0.1) is 12.1 Å². The zero-order valence-corrected chi connectivity index (χ0v) is 14.5. The van der Waals surface area contributed by atoms with E-state index in [-0.39, 0.29) is 30.5 Å². The highest BCUT2D eigenvalue weighted by atomic mass is 19.4. The van der Waals surface area contributed by atoms with Gasteiger partial charge in [-0.1, -0.05) is 6.07 Å². The lowest BCUT2D eigenvalue weighted by Gasteiger charge is -2.16. The van der Waals surface area contributed by atoms with Gasteiger partial charge in [-0.25, -0.2) is 9.97 Å². The number of hydrogen-bond donors (Lipinski definition) is 1. The lowest BCUT2D eigenvalue weighted by atomic mass is 10.2. The van der Waals surface area contributed by atoms with Crippen LogP contribution in [0.2, 0.25) is 0 Å². The highest BCUT2D eigenvalue weighted by Gasteiger charge is 2.30. The monoisotopic (exact) mass is 380 g/mol. The van der Waals surface area contributed by atoms with Crippen LogP contribution in [-0.4, -0.2) is 42.1 Å². The van der Waals surface area contributed by atoms with Crippen molar-refractivity contribution in [3.8, 4) is 5.75 Å². The number of rotatable bonds is 6. The zero-order valence-electron chi connectivity index (χ0n) is 14.5. The first kappa shape index (κ1) is 18.9. The third-order valence-corrected chi connectivity index (χ3v) is 4.13.